The predicted molar refractivity (Wildman–Crippen MR) is 324 cm³/mol. The van der Waals surface area contributed by atoms with Gasteiger partial charge in [0.2, 0.25) is 0 Å². The molecule has 0 saturated carbocycles. The number of carbonyl (C=O) groups is 3. The number of hydrogen-bond donors (Lipinski definition) is 1. The molecular formula is C61H75N5O13S3. The number of fused-ring (bicyclic) bond motifs is 8. The van der Waals surface area contributed by atoms with Crippen LogP contribution < -0.4 is 43.9 Å². The third kappa shape index (κ3) is 13.7. The Morgan fingerprint density at radius 3 is 1.95 bits per heavy atom. The first-order chi connectivity index (χ1) is 39.6. The normalized spacial score (nSPS) is 16.7. The number of ether oxygens (including phenoxy) is 7. The van der Waals surface area contributed by atoms with Crippen molar-refractivity contribution in [3.05, 3.63) is 124 Å². The summed E-state index contributed by atoms with van der Waals surface area (Å²) in [6.07, 6.45) is 1.72. The Balaban J connectivity index is 1.01. The summed E-state index contributed by atoms with van der Waals surface area (Å²) in [7, 11) is 6.93. The van der Waals surface area contributed by atoms with Gasteiger partial charge in [0.15, 0.2) is 28.8 Å². The highest BCUT2D eigenvalue weighted by Crippen LogP contribution is 2.44. The Morgan fingerprint density at radius 1 is 0.732 bits per heavy atom. The van der Waals surface area contributed by atoms with Crippen molar-refractivity contribution in [2.24, 2.45) is 0 Å². The summed E-state index contributed by atoms with van der Waals surface area (Å²) in [5, 5.41) is 2.31. The van der Waals surface area contributed by atoms with Gasteiger partial charge in [0, 0.05) is 86.5 Å². The fourth-order valence-electron chi connectivity index (χ4n) is 11.2. The van der Waals surface area contributed by atoms with Crippen molar-refractivity contribution >= 4 is 77.7 Å². The number of nitrogens with one attached hydrogen (secondary N) is 1. The fraction of sp³-hybridized carbons (Fsp3) is 0.459. The Kier molecular flexibility index (Phi) is 19.9. The highest BCUT2D eigenvalue weighted by atomic mass is 33.1. The zero-order valence-corrected chi connectivity index (χ0v) is 50.5. The lowest BCUT2D eigenvalue weighted by Gasteiger charge is -2.34. The number of rotatable bonds is 29. The first kappa shape index (κ1) is 60.4. The van der Waals surface area contributed by atoms with Crippen molar-refractivity contribution in [2.45, 2.75) is 81.7 Å². The summed E-state index contributed by atoms with van der Waals surface area (Å²) in [6.45, 7) is 10.4. The van der Waals surface area contributed by atoms with Crippen LogP contribution in [0.1, 0.15) is 76.6 Å². The van der Waals surface area contributed by atoms with Crippen molar-refractivity contribution in [2.75, 3.05) is 125 Å². The van der Waals surface area contributed by atoms with Gasteiger partial charge < -0.3 is 58.1 Å². The molecule has 2 amide bonds. The van der Waals surface area contributed by atoms with Gasteiger partial charge in [-0.05, 0) is 97.8 Å². The van der Waals surface area contributed by atoms with Crippen molar-refractivity contribution < 1.29 is 60.1 Å². The summed E-state index contributed by atoms with van der Waals surface area (Å²) >= 11 is 0. The third-order valence-corrected chi connectivity index (χ3v) is 20.1. The highest BCUT2D eigenvalue weighted by molar-refractivity contribution is 8.77. The number of amides is 2. The molecule has 18 nitrogen and oxygen atoms in total. The van der Waals surface area contributed by atoms with Gasteiger partial charge in [0.25, 0.3) is 21.9 Å². The number of hydrogen-bond acceptors (Lipinski definition) is 18. The molecule has 0 aliphatic carbocycles. The minimum absolute atomic E-state index is 0.0328. The van der Waals surface area contributed by atoms with E-state index in [4.69, 9.17) is 37.3 Å². The van der Waals surface area contributed by atoms with Gasteiger partial charge in [-0.25, -0.2) is 0 Å². The number of nitrogens with zero attached hydrogens (tertiary/aromatic N) is 4. The SMILES string of the molecule is CCC(=O)C(CCSSC(C)(C)CN(CCOCCOCCOC)c1cc(COc2cc3c(cc2OC)C(=O)N2c4ccccc4C[C@H]2CN3)cc(COc2cc3c(cc2OC)C(=O)N2c4ccccc4C[C@H]2CN3C)c1)S(=O)(=O)OC. The smallest absolute Gasteiger partial charge is 0.277 e. The summed E-state index contributed by atoms with van der Waals surface area (Å²) in [4.78, 5) is 49.7. The van der Waals surface area contributed by atoms with Crippen LogP contribution in [0.25, 0.3) is 0 Å². The van der Waals surface area contributed by atoms with Gasteiger partial charge in [-0.1, -0.05) is 64.9 Å². The maximum Gasteiger partial charge on any atom is 0.277 e. The largest absolute Gasteiger partial charge is 0.493 e. The van der Waals surface area contributed by atoms with Gasteiger partial charge >= 0.3 is 0 Å². The van der Waals surface area contributed by atoms with Crippen LogP contribution in [-0.2, 0) is 59.4 Å². The molecule has 0 aromatic heterocycles. The predicted octanol–water partition coefficient (Wildman–Crippen LogP) is 9.24. The summed E-state index contributed by atoms with van der Waals surface area (Å²) in [6, 6.07) is 29.5. The molecule has 21 heteroatoms. The maximum atomic E-state index is 14.5. The molecule has 0 bridgehead atoms. The molecule has 4 aliphatic rings. The second kappa shape index (κ2) is 27.0. The molecule has 82 heavy (non-hydrogen) atoms. The van der Waals surface area contributed by atoms with E-state index in [0.717, 1.165) is 65.0 Å². The van der Waals surface area contributed by atoms with Gasteiger partial charge in [0.1, 0.15) is 18.5 Å². The number of benzene rings is 5. The quantitative estimate of drug-likeness (QED) is 0.0271. The van der Waals surface area contributed by atoms with Crippen molar-refractivity contribution in [1.29, 1.82) is 0 Å². The van der Waals surface area contributed by atoms with Crippen molar-refractivity contribution in [3.63, 3.8) is 0 Å². The van der Waals surface area contributed by atoms with Crippen LogP contribution in [0.3, 0.4) is 0 Å². The van der Waals surface area contributed by atoms with E-state index < -0.39 is 20.1 Å². The lowest BCUT2D eigenvalue weighted by molar-refractivity contribution is -0.118. The highest BCUT2D eigenvalue weighted by Gasteiger charge is 2.41. The number of likely N-dealkylation sites (N-methyl/N-ethyl adjacent to an activating group) is 1. The number of carbonyl (C=O) groups excluding carboxylic acids is 3. The van der Waals surface area contributed by atoms with Gasteiger partial charge in [-0.2, -0.15) is 8.42 Å². The van der Waals surface area contributed by atoms with Crippen molar-refractivity contribution in [3.8, 4) is 23.0 Å². The van der Waals surface area contributed by atoms with Crippen LogP contribution in [0.15, 0.2) is 91.0 Å². The number of ketones is 1. The van der Waals surface area contributed by atoms with Crippen LogP contribution in [0.5, 0.6) is 23.0 Å². The van der Waals surface area contributed by atoms with E-state index in [0.29, 0.717) is 105 Å². The van der Waals surface area contributed by atoms with Crippen LogP contribution in [0.2, 0.25) is 0 Å². The lowest BCUT2D eigenvalue weighted by Crippen LogP contribution is -2.41. The van der Waals surface area contributed by atoms with Gasteiger partial charge in [-0.3, -0.25) is 18.6 Å². The molecule has 1 N–H and O–H groups in total. The minimum atomic E-state index is -4.05. The van der Waals surface area contributed by atoms with E-state index >= 15 is 0 Å². The minimum Gasteiger partial charge on any atom is -0.493 e. The van der Waals surface area contributed by atoms with Crippen LogP contribution >= 0.6 is 21.6 Å². The molecule has 0 saturated heterocycles. The van der Waals surface area contributed by atoms with E-state index in [9.17, 15) is 22.8 Å². The van der Waals surface area contributed by atoms with E-state index in [1.54, 1.807) is 51.2 Å². The number of para-hydroxylation sites is 2. The Labute approximate surface area is 489 Å². The molecule has 4 heterocycles. The maximum absolute atomic E-state index is 14.5. The van der Waals surface area contributed by atoms with E-state index in [-0.39, 0.29) is 55.7 Å². The first-order valence-electron chi connectivity index (χ1n) is 27.7. The summed E-state index contributed by atoms with van der Waals surface area (Å²) in [5.41, 5.74) is 9.06. The molecule has 440 valence electrons. The Morgan fingerprint density at radius 2 is 1.32 bits per heavy atom. The van der Waals surface area contributed by atoms with E-state index in [2.05, 4.69) is 53.2 Å². The molecule has 0 radical (unpaired) electrons. The number of Topliss-reactive ketones (excluding diaryl/α,β-unsaturated/α-hetero) is 1. The molecular weight excluding hydrogens is 1110 g/mol. The monoisotopic (exact) mass is 1180 g/mol. The fourth-order valence-corrected chi connectivity index (χ4v) is 15.0. The van der Waals surface area contributed by atoms with Crippen LogP contribution in [0, 0.1) is 0 Å². The summed E-state index contributed by atoms with van der Waals surface area (Å²) in [5.74, 6) is 1.59. The van der Waals surface area contributed by atoms with Crippen LogP contribution in [-0.4, -0.2) is 149 Å². The average molecular weight is 1180 g/mol. The zero-order valence-electron chi connectivity index (χ0n) is 48.0. The Hall–Kier alpha value is -6.20. The molecule has 5 aromatic rings. The molecule has 1 unspecified atom stereocenters. The second-order valence-corrected chi connectivity index (χ2v) is 26.3. The number of anilines is 5. The van der Waals surface area contributed by atoms with E-state index in [1.165, 1.54) is 10.8 Å². The topological polar surface area (TPSA) is 184 Å². The Bertz CT molecular complexity index is 3220. The molecule has 4 aliphatic heterocycles. The lowest BCUT2D eigenvalue weighted by atomic mass is 10.1. The second-order valence-electron chi connectivity index (χ2n) is 21.3. The molecule has 0 spiro atoms. The molecule has 9 rings (SSSR count). The van der Waals surface area contributed by atoms with Gasteiger partial charge in [-0.15, -0.1) is 0 Å². The van der Waals surface area contributed by atoms with Gasteiger partial charge in [0.05, 0.1) is 88.9 Å². The average Bonchev–Trinajstić information content (AvgIpc) is 4.19. The first-order valence-corrected chi connectivity index (χ1v) is 31.5. The van der Waals surface area contributed by atoms with Crippen LogP contribution in [0.4, 0.5) is 28.4 Å². The summed E-state index contributed by atoms with van der Waals surface area (Å²) < 4.78 is 72.1. The third-order valence-electron chi connectivity index (χ3n) is 15.2. The zero-order chi connectivity index (χ0) is 58.1. The van der Waals surface area contributed by atoms with E-state index in [1.807, 2.05) is 71.4 Å². The molecule has 3 atom stereocenters. The number of methoxy groups -OCH3 is 3. The van der Waals surface area contributed by atoms with Crippen molar-refractivity contribution in [1.82, 2.24) is 0 Å². The molecule has 5 aromatic carbocycles. The standard InChI is InChI=1S/C61H75N5O13S3/c1-9-53(67)58(82(70,71)75-8)18-25-80-81-61(2,3)39-64(19-20-76-23-24-77-22-21-72-5)44-27-40(37-78-56-33-49-47(31-54(56)73-6)59(68)65-45(35-62-49)29-42-14-10-12-16-50(42)65)26-41(28-44)38-79-57-34-52-48(32-55(57)74-7)60(69)66-46(36-63(52)4)30-43-15-11-13-17-51(43)66/h10-17,26-28,31-34,45-46,58,62H,9,18-25,29-30,35-39H2,1-8H3/t45-,46-,58?/m0/s1. The molecule has 0 fully saturated rings.